The van der Waals surface area contributed by atoms with Gasteiger partial charge in [-0.15, -0.1) is 10.2 Å². The number of nitrogens with zero attached hydrogens (tertiary/aromatic N) is 3. The Morgan fingerprint density at radius 3 is 2.45 bits per heavy atom. The summed E-state index contributed by atoms with van der Waals surface area (Å²) in [4.78, 5) is 13.5. The van der Waals surface area contributed by atoms with Crippen LogP contribution in [-0.4, -0.2) is 26.7 Å². The number of hydrogen-bond acceptors (Lipinski definition) is 4. The molecule has 40 heavy (non-hydrogen) atoms. The molecule has 1 heterocycles. The molecule has 3 aromatic rings. The van der Waals surface area contributed by atoms with Crippen molar-refractivity contribution >= 4 is 5.78 Å². The van der Waals surface area contributed by atoms with Gasteiger partial charge in [0.05, 0.1) is 12.7 Å². The van der Waals surface area contributed by atoms with Gasteiger partial charge in [-0.3, -0.25) is 4.79 Å². The van der Waals surface area contributed by atoms with Gasteiger partial charge >= 0.3 is 0 Å². The van der Waals surface area contributed by atoms with Crippen LogP contribution in [0.1, 0.15) is 117 Å². The lowest BCUT2D eigenvalue weighted by Crippen LogP contribution is -2.27. The quantitative estimate of drug-likeness (QED) is 0.207. The van der Waals surface area contributed by atoms with Crippen molar-refractivity contribution < 1.29 is 9.53 Å². The zero-order valence-electron chi connectivity index (χ0n) is 25.1. The van der Waals surface area contributed by atoms with E-state index in [1.807, 2.05) is 18.2 Å². The van der Waals surface area contributed by atoms with Crippen LogP contribution >= 0.6 is 0 Å². The van der Waals surface area contributed by atoms with Gasteiger partial charge in [0.1, 0.15) is 17.4 Å². The van der Waals surface area contributed by atoms with E-state index in [1.165, 1.54) is 54.6 Å². The number of benzene rings is 2. The summed E-state index contributed by atoms with van der Waals surface area (Å²) < 4.78 is 8.75. The summed E-state index contributed by atoms with van der Waals surface area (Å²) in [5, 5.41) is 9.64. The molecule has 0 radical (unpaired) electrons. The van der Waals surface area contributed by atoms with Crippen molar-refractivity contribution in [2.75, 3.05) is 0 Å². The first kappa shape index (κ1) is 28.7. The van der Waals surface area contributed by atoms with Gasteiger partial charge in [-0.1, -0.05) is 67.9 Å². The SMILES string of the molecule is Cc1ccc(CC(=O)C[C@H](C[C@H](C)OCc2ccccc2)c2nnc(C3CC(CC(C)C)C3)n2C2CC2)c(C)c1. The Morgan fingerprint density at radius 1 is 1.02 bits per heavy atom. The van der Waals surface area contributed by atoms with E-state index >= 15 is 0 Å². The predicted molar refractivity (Wildman–Crippen MR) is 161 cm³/mol. The van der Waals surface area contributed by atoms with E-state index in [-0.39, 0.29) is 17.8 Å². The molecule has 214 valence electrons. The zero-order valence-corrected chi connectivity index (χ0v) is 25.1. The molecule has 2 aromatic carbocycles. The first-order valence-electron chi connectivity index (χ1n) is 15.4. The van der Waals surface area contributed by atoms with Crippen molar-refractivity contribution in [3.05, 3.63) is 82.4 Å². The molecule has 0 amide bonds. The van der Waals surface area contributed by atoms with E-state index in [4.69, 9.17) is 14.9 Å². The van der Waals surface area contributed by atoms with Crippen molar-refractivity contribution in [2.24, 2.45) is 11.8 Å². The highest BCUT2D eigenvalue weighted by molar-refractivity contribution is 5.82. The van der Waals surface area contributed by atoms with Gasteiger partial charge in [0.2, 0.25) is 0 Å². The normalized spacial score (nSPS) is 20.4. The van der Waals surface area contributed by atoms with Crippen LogP contribution in [0.2, 0.25) is 0 Å². The molecule has 5 heteroatoms. The minimum atomic E-state index is -0.00239. The molecule has 0 saturated heterocycles. The van der Waals surface area contributed by atoms with Gasteiger partial charge in [0, 0.05) is 30.7 Å². The van der Waals surface area contributed by atoms with E-state index < -0.39 is 0 Å². The number of aromatic nitrogens is 3. The summed E-state index contributed by atoms with van der Waals surface area (Å²) in [7, 11) is 0. The third-order valence-electron chi connectivity index (χ3n) is 8.78. The highest BCUT2D eigenvalue weighted by Gasteiger charge is 2.40. The Morgan fingerprint density at radius 2 is 1.77 bits per heavy atom. The summed E-state index contributed by atoms with van der Waals surface area (Å²) in [5.74, 6) is 4.49. The molecule has 2 aliphatic carbocycles. The van der Waals surface area contributed by atoms with E-state index in [1.54, 1.807) is 0 Å². The van der Waals surface area contributed by atoms with E-state index in [0.717, 1.165) is 29.6 Å². The largest absolute Gasteiger partial charge is 0.374 e. The summed E-state index contributed by atoms with van der Waals surface area (Å²) in [6.45, 7) is 11.5. The lowest BCUT2D eigenvalue weighted by molar-refractivity contribution is -0.119. The minimum absolute atomic E-state index is 0.00239. The van der Waals surface area contributed by atoms with Crippen LogP contribution in [0.25, 0.3) is 0 Å². The number of hydrogen-bond donors (Lipinski definition) is 0. The lowest BCUT2D eigenvalue weighted by atomic mass is 9.71. The van der Waals surface area contributed by atoms with E-state index in [0.29, 0.717) is 31.4 Å². The summed E-state index contributed by atoms with van der Waals surface area (Å²) in [6, 6.07) is 17.2. The van der Waals surface area contributed by atoms with Gasteiger partial charge in [0.25, 0.3) is 0 Å². The van der Waals surface area contributed by atoms with Gasteiger partial charge in [-0.05, 0) is 87.8 Å². The third-order valence-corrected chi connectivity index (χ3v) is 8.78. The second kappa shape index (κ2) is 12.8. The summed E-state index contributed by atoms with van der Waals surface area (Å²) in [5.41, 5.74) is 4.71. The Labute approximate surface area is 240 Å². The fourth-order valence-electron chi connectivity index (χ4n) is 6.55. The minimum Gasteiger partial charge on any atom is -0.374 e. The maximum atomic E-state index is 13.5. The third kappa shape index (κ3) is 7.28. The van der Waals surface area contributed by atoms with Crippen LogP contribution in [0.3, 0.4) is 0 Å². The van der Waals surface area contributed by atoms with Gasteiger partial charge < -0.3 is 9.30 Å². The molecule has 0 unspecified atom stereocenters. The molecule has 2 aliphatic rings. The van der Waals surface area contributed by atoms with Crippen molar-refractivity contribution in [3.63, 3.8) is 0 Å². The second-order valence-corrected chi connectivity index (χ2v) is 13.1. The molecule has 2 fully saturated rings. The van der Waals surface area contributed by atoms with Crippen LogP contribution < -0.4 is 0 Å². The molecular weight excluding hydrogens is 494 g/mol. The standard InChI is InChI=1S/C35H47N3O2/c1-23(2)15-28-18-31(19-28)35-37-36-34(38(35)32-13-14-32)30(17-26(5)40-22-27-9-7-6-8-10-27)21-33(39)20-29-12-11-24(3)16-25(29)4/h6-12,16,23,26,28,30-32H,13-15,17-22H2,1-5H3/t26-,28?,30-,31?/m0/s1. The maximum Gasteiger partial charge on any atom is 0.138 e. The fraction of sp³-hybridized carbons (Fsp3) is 0.571. The van der Waals surface area contributed by atoms with Crippen LogP contribution in [0.4, 0.5) is 0 Å². The molecular formula is C35H47N3O2. The Bertz CT molecular complexity index is 1270. The van der Waals surface area contributed by atoms with Gasteiger partial charge in [-0.25, -0.2) is 0 Å². The topological polar surface area (TPSA) is 57.0 Å². The van der Waals surface area contributed by atoms with Crippen LogP contribution in [0.15, 0.2) is 48.5 Å². The molecule has 1 aromatic heterocycles. The lowest BCUT2D eigenvalue weighted by Gasteiger charge is -2.36. The number of rotatable bonds is 14. The zero-order chi connectivity index (χ0) is 28.2. The van der Waals surface area contributed by atoms with E-state index in [9.17, 15) is 4.79 Å². The van der Waals surface area contributed by atoms with Crippen molar-refractivity contribution in [1.82, 2.24) is 14.8 Å². The predicted octanol–water partition coefficient (Wildman–Crippen LogP) is 8.05. The molecule has 0 N–H and O–H groups in total. The highest BCUT2D eigenvalue weighted by atomic mass is 16.5. The number of aryl methyl sites for hydroxylation is 2. The maximum absolute atomic E-state index is 13.5. The Kier molecular flexibility index (Phi) is 9.20. The number of carbonyl (C=O) groups is 1. The number of ketones is 1. The van der Waals surface area contributed by atoms with Crippen LogP contribution in [0, 0.1) is 25.7 Å². The Balaban J connectivity index is 1.34. The summed E-state index contributed by atoms with van der Waals surface area (Å²) >= 11 is 0. The molecule has 0 spiro atoms. The average molecular weight is 542 g/mol. The summed E-state index contributed by atoms with van der Waals surface area (Å²) in [6.07, 6.45) is 7.80. The molecule has 0 bridgehead atoms. The van der Waals surface area contributed by atoms with Crippen LogP contribution in [0.5, 0.6) is 0 Å². The molecule has 2 atom stereocenters. The van der Waals surface area contributed by atoms with Crippen molar-refractivity contribution in [2.45, 2.75) is 117 Å². The first-order chi connectivity index (χ1) is 19.3. The highest BCUT2D eigenvalue weighted by Crippen LogP contribution is 2.48. The van der Waals surface area contributed by atoms with Gasteiger partial charge in [-0.2, -0.15) is 0 Å². The molecule has 5 nitrogen and oxygen atoms in total. The van der Waals surface area contributed by atoms with Crippen LogP contribution in [-0.2, 0) is 22.6 Å². The number of Topliss-reactive ketones (excluding diaryl/α,β-unsaturated/α-hetero) is 1. The smallest absolute Gasteiger partial charge is 0.138 e. The fourth-order valence-corrected chi connectivity index (χ4v) is 6.55. The van der Waals surface area contributed by atoms with Crippen molar-refractivity contribution in [3.8, 4) is 0 Å². The monoisotopic (exact) mass is 541 g/mol. The van der Waals surface area contributed by atoms with E-state index in [2.05, 4.69) is 69.5 Å². The number of carbonyl (C=O) groups excluding carboxylic acids is 1. The molecule has 5 rings (SSSR count). The average Bonchev–Trinajstić information content (AvgIpc) is 3.64. The van der Waals surface area contributed by atoms with Crippen molar-refractivity contribution in [1.29, 1.82) is 0 Å². The second-order valence-electron chi connectivity index (χ2n) is 13.1. The first-order valence-corrected chi connectivity index (χ1v) is 15.4. The molecule has 0 aliphatic heterocycles. The number of ether oxygens (including phenoxy) is 1. The van der Waals surface area contributed by atoms with Gasteiger partial charge in [0.15, 0.2) is 0 Å². The molecule has 2 saturated carbocycles. The Hall–Kier alpha value is -2.79.